The molecule has 96 valence electrons. The van der Waals surface area contributed by atoms with Crippen LogP contribution in [0, 0.1) is 5.92 Å². The van der Waals surface area contributed by atoms with Gasteiger partial charge in [0, 0.05) is 23.4 Å². The van der Waals surface area contributed by atoms with Crippen molar-refractivity contribution in [3.05, 3.63) is 29.0 Å². The Balaban J connectivity index is 2.23. The molecule has 2 aromatic rings. The number of fused-ring (bicyclic) bond motifs is 1. The first-order chi connectivity index (χ1) is 8.58. The zero-order valence-electron chi connectivity index (χ0n) is 10.3. The lowest BCUT2D eigenvalue weighted by atomic mass is 10.1. The Bertz CT molecular complexity index is 545. The number of alkyl halides is 1. The summed E-state index contributed by atoms with van der Waals surface area (Å²) in [7, 11) is 0. The minimum atomic E-state index is 0.101. The summed E-state index contributed by atoms with van der Waals surface area (Å²) >= 11 is 9.63. The summed E-state index contributed by atoms with van der Waals surface area (Å²) in [5, 5.41) is 3.44. The standard InChI is InChI=1S/C13H15BrClN3/c1-8(2)10(15)7-17-11-3-4-16-12-5-9(14)6-18-13(11)12/h3-6,8,10H,7H2,1-2H3,(H,16,17). The molecule has 1 N–H and O–H groups in total. The largest absolute Gasteiger partial charge is 0.382 e. The maximum Gasteiger partial charge on any atom is 0.112 e. The van der Waals surface area contributed by atoms with Crippen LogP contribution in [0.15, 0.2) is 29.0 Å². The van der Waals surface area contributed by atoms with Crippen LogP contribution in [0.1, 0.15) is 13.8 Å². The van der Waals surface area contributed by atoms with Gasteiger partial charge >= 0.3 is 0 Å². The van der Waals surface area contributed by atoms with Crippen molar-refractivity contribution in [1.82, 2.24) is 9.97 Å². The molecule has 1 atom stereocenters. The van der Waals surface area contributed by atoms with Crippen LogP contribution in [0.4, 0.5) is 5.69 Å². The van der Waals surface area contributed by atoms with Gasteiger partial charge in [0.25, 0.3) is 0 Å². The molecule has 0 fully saturated rings. The fraction of sp³-hybridized carbons (Fsp3) is 0.385. The number of halogens is 2. The quantitative estimate of drug-likeness (QED) is 0.860. The van der Waals surface area contributed by atoms with E-state index >= 15 is 0 Å². The van der Waals surface area contributed by atoms with Gasteiger partial charge in [-0.2, -0.15) is 0 Å². The second kappa shape index (κ2) is 5.85. The van der Waals surface area contributed by atoms with Crippen molar-refractivity contribution < 1.29 is 0 Å². The van der Waals surface area contributed by atoms with Crippen LogP contribution in [0.5, 0.6) is 0 Å². The number of nitrogens with zero attached hydrogens (tertiary/aromatic N) is 2. The molecule has 0 amide bonds. The average molecular weight is 329 g/mol. The third kappa shape index (κ3) is 3.12. The number of anilines is 1. The van der Waals surface area contributed by atoms with E-state index in [2.05, 4.69) is 45.1 Å². The van der Waals surface area contributed by atoms with Gasteiger partial charge in [-0.15, -0.1) is 11.6 Å². The Kier molecular flexibility index (Phi) is 4.40. The first-order valence-corrected chi connectivity index (χ1v) is 7.09. The maximum absolute atomic E-state index is 6.24. The number of hydrogen-bond donors (Lipinski definition) is 1. The number of hydrogen-bond acceptors (Lipinski definition) is 3. The van der Waals surface area contributed by atoms with Crippen LogP contribution >= 0.6 is 27.5 Å². The van der Waals surface area contributed by atoms with E-state index < -0.39 is 0 Å². The van der Waals surface area contributed by atoms with E-state index in [1.165, 1.54) is 0 Å². The van der Waals surface area contributed by atoms with E-state index in [0.29, 0.717) is 5.92 Å². The molecule has 5 heteroatoms. The van der Waals surface area contributed by atoms with Crippen LogP contribution in [0.3, 0.4) is 0 Å². The van der Waals surface area contributed by atoms with Crippen molar-refractivity contribution in [3.8, 4) is 0 Å². The Hall–Kier alpha value is -0.870. The van der Waals surface area contributed by atoms with Gasteiger partial charge < -0.3 is 5.32 Å². The van der Waals surface area contributed by atoms with Crippen molar-refractivity contribution in [2.24, 2.45) is 5.92 Å². The highest BCUT2D eigenvalue weighted by Crippen LogP contribution is 2.22. The fourth-order valence-electron chi connectivity index (χ4n) is 1.59. The highest BCUT2D eigenvalue weighted by Gasteiger charge is 2.10. The molecular formula is C13H15BrClN3. The Morgan fingerprint density at radius 2 is 2.17 bits per heavy atom. The van der Waals surface area contributed by atoms with Gasteiger partial charge in [0.15, 0.2) is 0 Å². The summed E-state index contributed by atoms with van der Waals surface area (Å²) in [4.78, 5) is 8.69. The summed E-state index contributed by atoms with van der Waals surface area (Å²) in [5.41, 5.74) is 2.71. The van der Waals surface area contributed by atoms with E-state index in [9.17, 15) is 0 Å². The molecule has 0 saturated carbocycles. The molecule has 1 unspecified atom stereocenters. The van der Waals surface area contributed by atoms with Crippen molar-refractivity contribution in [2.45, 2.75) is 19.2 Å². The molecule has 0 bridgehead atoms. The zero-order valence-corrected chi connectivity index (χ0v) is 12.7. The molecule has 0 radical (unpaired) electrons. The SMILES string of the molecule is CC(C)C(Cl)CNc1ccnc2cc(Br)cnc12. The van der Waals surface area contributed by atoms with Gasteiger partial charge in [0.05, 0.1) is 16.6 Å². The van der Waals surface area contributed by atoms with Gasteiger partial charge in [-0.05, 0) is 34.0 Å². The van der Waals surface area contributed by atoms with E-state index in [-0.39, 0.29) is 5.38 Å². The van der Waals surface area contributed by atoms with E-state index in [4.69, 9.17) is 11.6 Å². The third-order valence-electron chi connectivity index (χ3n) is 2.76. The molecule has 2 rings (SSSR count). The second-order valence-corrected chi connectivity index (χ2v) is 6.00. The highest BCUT2D eigenvalue weighted by atomic mass is 79.9. The number of pyridine rings is 2. The predicted octanol–water partition coefficient (Wildman–Crippen LogP) is 4.07. The second-order valence-electron chi connectivity index (χ2n) is 4.52. The molecule has 0 saturated heterocycles. The van der Waals surface area contributed by atoms with Crippen molar-refractivity contribution in [1.29, 1.82) is 0 Å². The van der Waals surface area contributed by atoms with Gasteiger partial charge in [-0.25, -0.2) is 0 Å². The van der Waals surface area contributed by atoms with Crippen LogP contribution in [-0.4, -0.2) is 21.9 Å². The maximum atomic E-state index is 6.24. The van der Waals surface area contributed by atoms with E-state index in [1.807, 2.05) is 12.1 Å². The molecule has 2 heterocycles. The fourth-order valence-corrected chi connectivity index (χ4v) is 1.99. The molecule has 0 aliphatic rings. The zero-order chi connectivity index (χ0) is 13.1. The molecule has 3 nitrogen and oxygen atoms in total. The Morgan fingerprint density at radius 1 is 1.39 bits per heavy atom. The average Bonchev–Trinajstić information content (AvgIpc) is 2.35. The molecule has 0 aliphatic carbocycles. The minimum Gasteiger partial charge on any atom is -0.382 e. The topological polar surface area (TPSA) is 37.8 Å². The predicted molar refractivity (Wildman–Crippen MR) is 80.2 cm³/mol. The van der Waals surface area contributed by atoms with Gasteiger partial charge in [-0.1, -0.05) is 13.8 Å². The molecule has 0 aromatic carbocycles. The number of aromatic nitrogens is 2. The molecule has 0 aliphatic heterocycles. The van der Waals surface area contributed by atoms with E-state index in [0.717, 1.165) is 27.7 Å². The number of rotatable bonds is 4. The summed E-state index contributed by atoms with van der Waals surface area (Å²) in [6, 6.07) is 3.88. The smallest absolute Gasteiger partial charge is 0.112 e. The van der Waals surface area contributed by atoms with Crippen LogP contribution < -0.4 is 5.32 Å². The summed E-state index contributed by atoms with van der Waals surface area (Å²) in [6.45, 7) is 4.94. The summed E-state index contributed by atoms with van der Waals surface area (Å²) in [6.07, 6.45) is 3.55. The molecule has 2 aromatic heterocycles. The Morgan fingerprint density at radius 3 is 2.89 bits per heavy atom. The van der Waals surface area contributed by atoms with Gasteiger partial charge in [0.2, 0.25) is 0 Å². The molecule has 0 spiro atoms. The monoisotopic (exact) mass is 327 g/mol. The van der Waals surface area contributed by atoms with Crippen LogP contribution in [0.2, 0.25) is 0 Å². The lowest BCUT2D eigenvalue weighted by Gasteiger charge is -2.15. The summed E-state index contributed by atoms with van der Waals surface area (Å²) < 4.78 is 0.928. The highest BCUT2D eigenvalue weighted by molar-refractivity contribution is 9.10. The van der Waals surface area contributed by atoms with Crippen molar-refractivity contribution in [3.63, 3.8) is 0 Å². The van der Waals surface area contributed by atoms with Gasteiger partial charge in [-0.3, -0.25) is 9.97 Å². The Labute approximate surface area is 120 Å². The summed E-state index contributed by atoms with van der Waals surface area (Å²) in [5.74, 6) is 0.439. The number of nitrogens with one attached hydrogen (secondary N) is 1. The van der Waals surface area contributed by atoms with Crippen LogP contribution in [-0.2, 0) is 0 Å². The van der Waals surface area contributed by atoms with Crippen LogP contribution in [0.25, 0.3) is 11.0 Å². The third-order valence-corrected chi connectivity index (χ3v) is 3.85. The van der Waals surface area contributed by atoms with Gasteiger partial charge in [0.1, 0.15) is 5.52 Å². The lowest BCUT2D eigenvalue weighted by Crippen LogP contribution is -2.19. The molecule has 18 heavy (non-hydrogen) atoms. The van der Waals surface area contributed by atoms with E-state index in [1.54, 1.807) is 12.4 Å². The van der Waals surface area contributed by atoms with Crippen molar-refractivity contribution >= 4 is 44.3 Å². The normalized spacial score (nSPS) is 12.9. The first-order valence-electron chi connectivity index (χ1n) is 5.86. The minimum absolute atomic E-state index is 0.101. The first kappa shape index (κ1) is 13.6. The van der Waals surface area contributed by atoms with Crippen molar-refractivity contribution in [2.75, 3.05) is 11.9 Å². The molecular weight excluding hydrogens is 314 g/mol. The lowest BCUT2D eigenvalue weighted by molar-refractivity contribution is 0.616.